The van der Waals surface area contributed by atoms with Crippen LogP contribution in [0.3, 0.4) is 0 Å². The zero-order valence-corrected chi connectivity index (χ0v) is 30.0. The fraction of sp³-hybridized carbons (Fsp3) is 0. The van der Waals surface area contributed by atoms with Gasteiger partial charge in [0.2, 0.25) is 0 Å². The van der Waals surface area contributed by atoms with Crippen molar-refractivity contribution in [2.45, 2.75) is 19.6 Å². The molecule has 4 aromatic carbocycles. The SMILES string of the molecule is C=NC(=C(/N)Sc1ccccc1)/C(C#N)=C(\N)Sc1ccccc1.C=NC(=C(/N)Sc1ccccc1N)/C(C#N)=C(\N)Sc1ccccc1N. The average Bonchev–Trinajstić information content (AvgIpc) is 3.12. The van der Waals surface area contributed by atoms with Gasteiger partial charge in [-0.25, -0.2) is 0 Å². The molecular formula is C36H34N10S4. The molecule has 0 aliphatic carbocycles. The van der Waals surface area contributed by atoms with Crippen molar-refractivity contribution >= 4 is 71.9 Å². The minimum absolute atomic E-state index is 0.132. The second kappa shape index (κ2) is 20.0. The molecule has 0 aliphatic heterocycles. The number of nitriles is 2. The Morgan fingerprint density at radius 1 is 0.480 bits per heavy atom. The fourth-order valence-corrected chi connectivity index (χ4v) is 7.07. The van der Waals surface area contributed by atoms with E-state index in [1.165, 1.54) is 47.0 Å². The quantitative estimate of drug-likeness (QED) is 0.0276. The molecule has 0 atom stereocenters. The van der Waals surface area contributed by atoms with Crippen LogP contribution < -0.4 is 34.4 Å². The van der Waals surface area contributed by atoms with E-state index < -0.39 is 0 Å². The maximum Gasteiger partial charge on any atom is 0.113 e. The Labute approximate surface area is 308 Å². The van der Waals surface area contributed by atoms with Gasteiger partial charge in [0.15, 0.2) is 0 Å². The Morgan fingerprint density at radius 2 is 0.800 bits per heavy atom. The third-order valence-electron chi connectivity index (χ3n) is 6.19. The van der Waals surface area contributed by atoms with Crippen molar-refractivity contribution in [1.82, 2.24) is 0 Å². The normalized spacial score (nSPS) is 12.6. The molecule has 0 saturated heterocycles. The standard InChI is InChI=1S/C18H18N6S2.C18H16N4S2/c1-24-16(18(23)26-15-9-5-3-7-13(15)21)11(10-19)17(22)25-14-8-4-2-6-12(14)20;1-22-16(18(21)24-14-10-6-3-7-11-14)15(12-19)17(20)23-13-8-4-2-5-9-13/h2-9H,1,20-23H2;2-11H,1,20-21H2/b17-11+,18-16-;17-15+,18-16-. The van der Waals surface area contributed by atoms with Crippen LogP contribution in [-0.4, -0.2) is 13.4 Å². The van der Waals surface area contributed by atoms with E-state index in [4.69, 9.17) is 34.4 Å². The number of nitrogens with two attached hydrogens (primary N) is 6. The Kier molecular flexibility index (Phi) is 15.5. The zero-order valence-electron chi connectivity index (χ0n) is 26.7. The summed E-state index contributed by atoms with van der Waals surface area (Å²) in [5.41, 5.74) is 38.4. The van der Waals surface area contributed by atoms with Gasteiger partial charge >= 0.3 is 0 Å². The van der Waals surface area contributed by atoms with Crippen molar-refractivity contribution in [3.63, 3.8) is 0 Å². The van der Waals surface area contributed by atoms with E-state index in [2.05, 4.69) is 35.6 Å². The molecule has 0 spiro atoms. The second-order valence-corrected chi connectivity index (χ2v) is 14.0. The van der Waals surface area contributed by atoms with Gasteiger partial charge in [0, 0.05) is 31.0 Å². The molecule has 0 amide bonds. The summed E-state index contributed by atoms with van der Waals surface area (Å²) in [5.74, 6) is 0. The number of hydrogen-bond acceptors (Lipinski definition) is 14. The number of nitrogens with zero attached hydrogens (tertiary/aromatic N) is 4. The van der Waals surface area contributed by atoms with Crippen LogP contribution in [0.2, 0.25) is 0 Å². The molecule has 4 aromatic rings. The van der Waals surface area contributed by atoms with Crippen LogP contribution in [0.1, 0.15) is 0 Å². The average molecular weight is 735 g/mol. The molecule has 0 unspecified atom stereocenters. The van der Waals surface area contributed by atoms with Crippen LogP contribution in [0, 0.1) is 22.7 Å². The minimum atomic E-state index is 0.132. The third-order valence-corrected chi connectivity index (χ3v) is 10.1. The van der Waals surface area contributed by atoms with Gasteiger partial charge in [-0.2, -0.15) is 10.5 Å². The first kappa shape index (κ1) is 38.8. The summed E-state index contributed by atoms with van der Waals surface area (Å²) in [6.45, 7) is 7.05. The molecule has 0 saturated carbocycles. The number of benzene rings is 4. The Balaban J connectivity index is 0.000000271. The lowest BCUT2D eigenvalue weighted by atomic mass is 10.2. The van der Waals surface area contributed by atoms with E-state index in [0.717, 1.165) is 19.6 Å². The highest BCUT2D eigenvalue weighted by molar-refractivity contribution is 8.04. The van der Waals surface area contributed by atoms with Gasteiger partial charge in [0.05, 0.1) is 20.1 Å². The number of thioether (sulfide) groups is 4. The first-order chi connectivity index (χ1) is 24.1. The molecule has 0 bridgehead atoms. The molecule has 0 fully saturated rings. The summed E-state index contributed by atoms with van der Waals surface area (Å²) in [5, 5.41) is 20.3. The molecule has 0 radical (unpaired) electrons. The summed E-state index contributed by atoms with van der Waals surface area (Å²) < 4.78 is 0. The lowest BCUT2D eigenvalue weighted by molar-refractivity contribution is 1.26. The Morgan fingerprint density at radius 3 is 1.18 bits per heavy atom. The molecule has 252 valence electrons. The monoisotopic (exact) mass is 734 g/mol. The van der Waals surface area contributed by atoms with Crippen LogP contribution >= 0.6 is 47.0 Å². The van der Waals surface area contributed by atoms with Gasteiger partial charge in [0.1, 0.15) is 34.7 Å². The third kappa shape index (κ3) is 11.2. The van der Waals surface area contributed by atoms with Crippen molar-refractivity contribution in [2.24, 2.45) is 32.9 Å². The summed E-state index contributed by atoms with van der Waals surface area (Å²) in [4.78, 5) is 11.2. The number of rotatable bonds is 12. The van der Waals surface area contributed by atoms with E-state index in [1.807, 2.05) is 97.1 Å². The van der Waals surface area contributed by atoms with Crippen LogP contribution in [0.15, 0.2) is 181 Å². The van der Waals surface area contributed by atoms with E-state index in [0.29, 0.717) is 27.1 Å². The first-order valence-electron chi connectivity index (χ1n) is 14.4. The molecular weight excluding hydrogens is 701 g/mol. The largest absolute Gasteiger partial charge is 0.398 e. The molecule has 0 aromatic heterocycles. The number of anilines is 2. The van der Waals surface area contributed by atoms with Gasteiger partial charge in [0.25, 0.3) is 0 Å². The van der Waals surface area contributed by atoms with Crippen molar-refractivity contribution in [2.75, 3.05) is 11.5 Å². The predicted octanol–water partition coefficient (Wildman–Crippen LogP) is 7.35. The van der Waals surface area contributed by atoms with Gasteiger partial charge in [-0.15, -0.1) is 0 Å². The van der Waals surface area contributed by atoms with Crippen LogP contribution in [0.25, 0.3) is 0 Å². The zero-order chi connectivity index (χ0) is 36.5. The summed E-state index contributed by atoms with van der Waals surface area (Å²) >= 11 is 4.98. The van der Waals surface area contributed by atoms with E-state index in [9.17, 15) is 10.5 Å². The Bertz CT molecular complexity index is 2030. The lowest BCUT2D eigenvalue weighted by Gasteiger charge is -2.11. The number of aliphatic imine (C=N–C) groups is 2. The first-order valence-corrected chi connectivity index (χ1v) is 17.6. The van der Waals surface area contributed by atoms with E-state index in [1.54, 1.807) is 12.1 Å². The van der Waals surface area contributed by atoms with E-state index >= 15 is 0 Å². The number of para-hydroxylation sites is 2. The van der Waals surface area contributed by atoms with Gasteiger partial charge < -0.3 is 34.4 Å². The maximum absolute atomic E-state index is 9.57. The number of hydrogen-bond donors (Lipinski definition) is 6. The van der Waals surface area contributed by atoms with Crippen LogP contribution in [0.5, 0.6) is 0 Å². The van der Waals surface area contributed by atoms with Crippen molar-refractivity contribution in [3.8, 4) is 12.1 Å². The minimum Gasteiger partial charge on any atom is -0.398 e. The highest BCUT2D eigenvalue weighted by Gasteiger charge is 2.17. The molecule has 50 heavy (non-hydrogen) atoms. The maximum atomic E-state index is 9.57. The highest BCUT2D eigenvalue weighted by atomic mass is 32.2. The second-order valence-electron chi connectivity index (χ2n) is 9.55. The molecule has 14 heteroatoms. The van der Waals surface area contributed by atoms with Crippen molar-refractivity contribution in [3.05, 3.63) is 152 Å². The van der Waals surface area contributed by atoms with E-state index in [-0.39, 0.29) is 26.9 Å². The summed E-state index contributed by atoms with van der Waals surface area (Å²) in [6.07, 6.45) is 0. The molecule has 4 rings (SSSR count). The van der Waals surface area contributed by atoms with Gasteiger partial charge in [-0.3, -0.25) is 9.98 Å². The molecule has 0 aliphatic rings. The molecule has 12 N–H and O–H groups in total. The topological polar surface area (TPSA) is 228 Å². The smallest absolute Gasteiger partial charge is 0.113 e. The predicted molar refractivity (Wildman–Crippen MR) is 213 cm³/mol. The highest BCUT2D eigenvalue weighted by Crippen LogP contribution is 2.36. The van der Waals surface area contributed by atoms with Crippen molar-refractivity contribution in [1.29, 1.82) is 10.5 Å². The number of nitrogen functional groups attached to an aromatic ring is 2. The van der Waals surface area contributed by atoms with Crippen LogP contribution in [0.4, 0.5) is 11.4 Å². The van der Waals surface area contributed by atoms with Crippen LogP contribution in [-0.2, 0) is 0 Å². The molecule has 10 nitrogen and oxygen atoms in total. The fourth-order valence-electron chi connectivity index (χ4n) is 3.82. The lowest BCUT2D eigenvalue weighted by Crippen LogP contribution is -2.05. The number of allylic oxidation sites excluding steroid dienone is 2. The Hall–Kier alpha value is -5.64. The van der Waals surface area contributed by atoms with Crippen molar-refractivity contribution < 1.29 is 0 Å². The van der Waals surface area contributed by atoms with Gasteiger partial charge in [-0.05, 0) is 62.0 Å². The summed E-state index contributed by atoms with van der Waals surface area (Å²) in [6, 6.07) is 37.8. The van der Waals surface area contributed by atoms with Gasteiger partial charge in [-0.1, -0.05) is 108 Å². The molecule has 0 heterocycles. The summed E-state index contributed by atoms with van der Waals surface area (Å²) in [7, 11) is 0.